The Labute approximate surface area is 150 Å². The lowest BCUT2D eigenvalue weighted by molar-refractivity contribution is -0.117. The molecule has 0 radical (unpaired) electrons. The molecule has 1 aromatic carbocycles. The fourth-order valence-electron chi connectivity index (χ4n) is 2.96. The van der Waals surface area contributed by atoms with Crippen molar-refractivity contribution in [2.75, 3.05) is 30.9 Å². The Balaban J connectivity index is 1.82. The van der Waals surface area contributed by atoms with E-state index in [2.05, 4.69) is 20.8 Å². The number of methoxy groups -OCH3 is 1. The van der Waals surface area contributed by atoms with Crippen LogP contribution in [0.1, 0.15) is 29.7 Å². The monoisotopic (exact) mass is 360 g/mol. The Hall–Kier alpha value is -2.74. The van der Waals surface area contributed by atoms with E-state index in [1.54, 1.807) is 12.1 Å². The van der Waals surface area contributed by atoms with E-state index in [1.807, 2.05) is 0 Å². The fourth-order valence-corrected chi connectivity index (χ4v) is 2.96. The third kappa shape index (κ3) is 4.08. The number of benzene rings is 1. The number of ether oxygens (including phenoxy) is 1. The topological polar surface area (TPSA) is 96.1 Å². The smallest absolute Gasteiger partial charge is 0.269 e. The molecule has 0 aliphatic carbocycles. The molecule has 2 heterocycles. The normalized spacial score (nSPS) is 13.0. The van der Waals surface area contributed by atoms with Crippen molar-refractivity contribution in [3.8, 4) is 0 Å². The zero-order chi connectivity index (χ0) is 18.5. The zero-order valence-electron chi connectivity index (χ0n) is 14.5. The molecule has 8 heteroatoms. The summed E-state index contributed by atoms with van der Waals surface area (Å²) in [4.78, 5) is 23.7. The number of carbonyl (C=O) groups is 1. The van der Waals surface area contributed by atoms with Crippen LogP contribution in [0.25, 0.3) is 0 Å². The van der Waals surface area contributed by atoms with Crippen molar-refractivity contribution in [1.29, 1.82) is 0 Å². The number of rotatable bonds is 6. The van der Waals surface area contributed by atoms with Crippen LogP contribution in [-0.4, -0.2) is 36.4 Å². The Morgan fingerprint density at radius 1 is 1.42 bits per heavy atom. The lowest BCUT2D eigenvalue weighted by atomic mass is 10.0. The van der Waals surface area contributed by atoms with Crippen LogP contribution in [0.3, 0.4) is 0 Å². The molecular formula is C18H21FN4O3. The van der Waals surface area contributed by atoms with Gasteiger partial charge in [-0.3, -0.25) is 9.59 Å². The van der Waals surface area contributed by atoms with Gasteiger partial charge in [0.25, 0.3) is 5.56 Å². The van der Waals surface area contributed by atoms with Gasteiger partial charge in [-0.15, -0.1) is 0 Å². The summed E-state index contributed by atoms with van der Waals surface area (Å²) in [6.07, 6.45) is 2.16. The number of fused-ring (bicyclic) bond motifs is 1. The van der Waals surface area contributed by atoms with Gasteiger partial charge < -0.3 is 15.4 Å². The maximum Gasteiger partial charge on any atom is 0.269 e. The van der Waals surface area contributed by atoms with Gasteiger partial charge in [0.1, 0.15) is 5.82 Å². The molecule has 0 atom stereocenters. The first-order valence-corrected chi connectivity index (χ1v) is 8.50. The molecule has 1 aromatic heterocycles. The van der Waals surface area contributed by atoms with Crippen LogP contribution in [0.15, 0.2) is 23.0 Å². The first kappa shape index (κ1) is 18.1. The molecule has 0 spiro atoms. The fraction of sp³-hybridized carbons (Fsp3) is 0.389. The van der Waals surface area contributed by atoms with Gasteiger partial charge in [0.05, 0.1) is 30.1 Å². The van der Waals surface area contributed by atoms with Gasteiger partial charge in [-0.1, -0.05) is 6.07 Å². The van der Waals surface area contributed by atoms with Crippen LogP contribution >= 0.6 is 0 Å². The number of aromatic nitrogens is 2. The number of carbonyl (C=O) groups excluding carboxylic acids is 1. The highest BCUT2D eigenvalue weighted by Crippen LogP contribution is 2.25. The number of nitrogens with zero attached hydrogens (tertiary/aromatic N) is 1. The van der Waals surface area contributed by atoms with Crippen molar-refractivity contribution in [3.05, 3.63) is 51.2 Å². The summed E-state index contributed by atoms with van der Waals surface area (Å²) in [6.45, 7) is 1.06. The Bertz CT molecular complexity index is 866. The number of halogens is 1. The second kappa shape index (κ2) is 8.09. The lowest BCUT2D eigenvalue weighted by Crippen LogP contribution is -2.25. The van der Waals surface area contributed by atoms with Gasteiger partial charge in [-0.2, -0.15) is 5.10 Å². The molecule has 0 saturated carbocycles. The number of amides is 1. The Kier molecular flexibility index (Phi) is 5.62. The summed E-state index contributed by atoms with van der Waals surface area (Å²) in [7, 11) is 1.50. The summed E-state index contributed by atoms with van der Waals surface area (Å²) in [5.74, 6) is -0.821. The van der Waals surface area contributed by atoms with Crippen molar-refractivity contribution in [1.82, 2.24) is 10.2 Å². The van der Waals surface area contributed by atoms with E-state index in [0.717, 1.165) is 24.2 Å². The van der Waals surface area contributed by atoms with Crippen LogP contribution < -0.4 is 16.2 Å². The summed E-state index contributed by atoms with van der Waals surface area (Å²) >= 11 is 0. The van der Waals surface area contributed by atoms with Crippen LogP contribution in [0.5, 0.6) is 0 Å². The predicted molar refractivity (Wildman–Crippen MR) is 96.0 cm³/mol. The quantitative estimate of drug-likeness (QED) is 0.730. The van der Waals surface area contributed by atoms with Gasteiger partial charge in [0.15, 0.2) is 0 Å². The number of aromatic amines is 1. The molecule has 0 bridgehead atoms. The molecule has 3 rings (SSSR count). The predicted octanol–water partition coefficient (Wildman–Crippen LogP) is 1.83. The van der Waals surface area contributed by atoms with E-state index in [9.17, 15) is 14.0 Å². The number of nitrogens with one attached hydrogen (secondary N) is 3. The van der Waals surface area contributed by atoms with Gasteiger partial charge in [-0.25, -0.2) is 9.49 Å². The van der Waals surface area contributed by atoms with Crippen LogP contribution in [-0.2, 0) is 22.4 Å². The number of anilines is 2. The average molecular weight is 360 g/mol. The maximum absolute atomic E-state index is 14.0. The van der Waals surface area contributed by atoms with Gasteiger partial charge in [0, 0.05) is 25.6 Å². The standard InChI is InChI=1S/C18H21FN4O3/c1-26-8-6-16(24)21-14-9-11(4-5-13(14)19)10-15-17-12(3-2-7-20-17)18(25)23-22-15/h4-5,9,20H,2-3,6-8,10H2,1H3,(H,21,24)(H,23,25). The molecule has 26 heavy (non-hydrogen) atoms. The summed E-state index contributed by atoms with van der Waals surface area (Å²) in [5.41, 5.74) is 2.88. The van der Waals surface area contributed by atoms with Crippen LogP contribution in [0.4, 0.5) is 15.8 Å². The van der Waals surface area contributed by atoms with Crippen molar-refractivity contribution < 1.29 is 13.9 Å². The van der Waals surface area contributed by atoms with Gasteiger partial charge in [0.2, 0.25) is 5.91 Å². The molecule has 1 aliphatic rings. The first-order valence-electron chi connectivity index (χ1n) is 8.50. The largest absolute Gasteiger partial charge is 0.384 e. The van der Waals surface area contributed by atoms with E-state index < -0.39 is 5.82 Å². The van der Waals surface area contributed by atoms with Gasteiger partial charge >= 0.3 is 0 Å². The molecule has 0 fully saturated rings. The lowest BCUT2D eigenvalue weighted by Gasteiger charge is -2.19. The highest BCUT2D eigenvalue weighted by Gasteiger charge is 2.18. The maximum atomic E-state index is 14.0. The van der Waals surface area contributed by atoms with E-state index >= 15 is 0 Å². The van der Waals surface area contributed by atoms with Crippen molar-refractivity contribution in [2.24, 2.45) is 0 Å². The minimum absolute atomic E-state index is 0.120. The minimum atomic E-state index is -0.505. The molecule has 1 amide bonds. The molecule has 2 aromatic rings. The number of H-pyrrole nitrogens is 1. The Morgan fingerprint density at radius 3 is 3.08 bits per heavy atom. The van der Waals surface area contributed by atoms with Crippen molar-refractivity contribution >= 4 is 17.3 Å². The third-order valence-electron chi connectivity index (χ3n) is 4.27. The second-order valence-electron chi connectivity index (χ2n) is 6.17. The first-order chi connectivity index (χ1) is 12.6. The highest BCUT2D eigenvalue weighted by molar-refractivity contribution is 5.91. The highest BCUT2D eigenvalue weighted by atomic mass is 19.1. The average Bonchev–Trinajstić information content (AvgIpc) is 2.65. The summed E-state index contributed by atoms with van der Waals surface area (Å²) in [6, 6.07) is 4.54. The van der Waals surface area contributed by atoms with Crippen LogP contribution in [0.2, 0.25) is 0 Å². The van der Waals surface area contributed by atoms with E-state index in [-0.39, 0.29) is 30.2 Å². The molecule has 3 N–H and O–H groups in total. The van der Waals surface area contributed by atoms with Crippen LogP contribution in [0, 0.1) is 5.82 Å². The second-order valence-corrected chi connectivity index (χ2v) is 6.17. The van der Waals surface area contributed by atoms with E-state index in [1.165, 1.54) is 13.2 Å². The van der Waals surface area contributed by atoms with Gasteiger partial charge in [-0.05, 0) is 30.5 Å². The molecule has 1 aliphatic heterocycles. The molecule has 138 valence electrons. The van der Waals surface area contributed by atoms with Crippen molar-refractivity contribution in [2.45, 2.75) is 25.7 Å². The van der Waals surface area contributed by atoms with E-state index in [4.69, 9.17) is 4.74 Å². The molecule has 7 nitrogen and oxygen atoms in total. The number of hydrogen-bond acceptors (Lipinski definition) is 5. The third-order valence-corrected chi connectivity index (χ3v) is 4.27. The summed E-state index contributed by atoms with van der Waals surface area (Å²) in [5, 5.41) is 12.5. The molecule has 0 saturated heterocycles. The van der Waals surface area contributed by atoms with E-state index in [0.29, 0.717) is 24.1 Å². The van der Waals surface area contributed by atoms with Crippen molar-refractivity contribution in [3.63, 3.8) is 0 Å². The Morgan fingerprint density at radius 2 is 2.27 bits per heavy atom. The number of hydrogen-bond donors (Lipinski definition) is 3. The zero-order valence-corrected chi connectivity index (χ0v) is 14.5. The molecular weight excluding hydrogens is 339 g/mol. The SMILES string of the molecule is COCCC(=O)Nc1cc(Cc2n[nH]c(=O)c3c2NCCC3)ccc1F. The minimum Gasteiger partial charge on any atom is -0.384 e. The molecule has 0 unspecified atom stereocenters. The summed E-state index contributed by atoms with van der Waals surface area (Å²) < 4.78 is 18.8.